The zero-order chi connectivity index (χ0) is 12.6. The normalized spacial score (nSPS) is 20.6. The van der Waals surface area contributed by atoms with E-state index in [-0.39, 0.29) is 5.54 Å². The lowest BCUT2D eigenvalue weighted by atomic mass is 10.0. The SMILES string of the molecule is CC(O)c1ccc(N2CCCC2(C)C)cc1Br. The molecule has 1 saturated heterocycles. The molecule has 0 aliphatic carbocycles. The molecule has 2 rings (SSSR count). The molecule has 1 unspecified atom stereocenters. The Morgan fingerprint density at radius 2 is 2.12 bits per heavy atom. The van der Waals surface area contributed by atoms with Crippen molar-refractivity contribution in [3.05, 3.63) is 28.2 Å². The molecule has 3 heteroatoms. The molecule has 0 radical (unpaired) electrons. The maximum Gasteiger partial charge on any atom is 0.0772 e. The van der Waals surface area contributed by atoms with Crippen molar-refractivity contribution in [2.45, 2.75) is 45.3 Å². The number of halogens is 1. The summed E-state index contributed by atoms with van der Waals surface area (Å²) in [7, 11) is 0. The van der Waals surface area contributed by atoms with Crippen LogP contribution in [0.3, 0.4) is 0 Å². The van der Waals surface area contributed by atoms with E-state index in [0.29, 0.717) is 0 Å². The largest absolute Gasteiger partial charge is 0.389 e. The molecule has 0 bridgehead atoms. The Balaban J connectivity index is 2.32. The second-order valence-corrected chi connectivity index (χ2v) is 6.30. The molecule has 17 heavy (non-hydrogen) atoms. The standard InChI is InChI=1S/C14H20BrNO/c1-10(17)12-6-5-11(9-13(12)15)16-8-4-7-14(16,2)3/h5-6,9-10,17H,4,7-8H2,1-3H3. The van der Waals surface area contributed by atoms with Gasteiger partial charge in [-0.2, -0.15) is 0 Å². The average molecular weight is 298 g/mol. The number of nitrogens with zero attached hydrogens (tertiary/aromatic N) is 1. The summed E-state index contributed by atoms with van der Waals surface area (Å²) in [5.41, 5.74) is 2.43. The van der Waals surface area contributed by atoms with Gasteiger partial charge >= 0.3 is 0 Å². The fourth-order valence-electron chi connectivity index (χ4n) is 2.61. The first-order valence-electron chi connectivity index (χ1n) is 6.17. The highest BCUT2D eigenvalue weighted by Crippen LogP contribution is 2.36. The van der Waals surface area contributed by atoms with Gasteiger partial charge in [-0.1, -0.05) is 22.0 Å². The Morgan fingerprint density at radius 1 is 1.41 bits per heavy atom. The maximum absolute atomic E-state index is 9.62. The lowest BCUT2D eigenvalue weighted by Crippen LogP contribution is -2.38. The minimum atomic E-state index is -0.426. The molecular formula is C14H20BrNO. The highest BCUT2D eigenvalue weighted by Gasteiger charge is 2.32. The quantitative estimate of drug-likeness (QED) is 0.895. The fourth-order valence-corrected chi connectivity index (χ4v) is 3.31. The molecule has 1 aromatic carbocycles. The maximum atomic E-state index is 9.62. The van der Waals surface area contributed by atoms with E-state index in [2.05, 4.69) is 46.8 Å². The van der Waals surface area contributed by atoms with E-state index in [0.717, 1.165) is 16.6 Å². The monoisotopic (exact) mass is 297 g/mol. The highest BCUT2D eigenvalue weighted by molar-refractivity contribution is 9.10. The Labute approximate surface area is 112 Å². The third-order valence-corrected chi connectivity index (χ3v) is 4.33. The molecule has 1 aromatic rings. The van der Waals surface area contributed by atoms with Crippen molar-refractivity contribution >= 4 is 21.6 Å². The molecule has 0 spiro atoms. The average Bonchev–Trinajstić information content (AvgIpc) is 2.57. The molecule has 1 atom stereocenters. The second-order valence-electron chi connectivity index (χ2n) is 5.45. The molecule has 94 valence electrons. The van der Waals surface area contributed by atoms with E-state index in [1.807, 2.05) is 6.07 Å². The zero-order valence-electron chi connectivity index (χ0n) is 10.7. The van der Waals surface area contributed by atoms with E-state index >= 15 is 0 Å². The van der Waals surface area contributed by atoms with Crippen molar-refractivity contribution in [2.75, 3.05) is 11.4 Å². The van der Waals surface area contributed by atoms with Gasteiger partial charge < -0.3 is 10.0 Å². The zero-order valence-corrected chi connectivity index (χ0v) is 12.3. The van der Waals surface area contributed by atoms with E-state index in [1.54, 1.807) is 6.92 Å². The van der Waals surface area contributed by atoms with Crippen LogP contribution in [0.1, 0.15) is 45.3 Å². The molecule has 0 saturated carbocycles. The number of aliphatic hydroxyl groups excluding tert-OH is 1. The molecule has 1 fully saturated rings. The van der Waals surface area contributed by atoms with Gasteiger partial charge in [-0.3, -0.25) is 0 Å². The number of benzene rings is 1. The molecule has 1 aliphatic rings. The van der Waals surface area contributed by atoms with Crippen LogP contribution in [0, 0.1) is 0 Å². The van der Waals surface area contributed by atoms with Crippen LogP contribution in [0.4, 0.5) is 5.69 Å². The lowest BCUT2D eigenvalue weighted by Gasteiger charge is -2.34. The van der Waals surface area contributed by atoms with E-state index < -0.39 is 6.10 Å². The molecule has 0 amide bonds. The summed E-state index contributed by atoms with van der Waals surface area (Å²) in [6.45, 7) is 7.49. The lowest BCUT2D eigenvalue weighted by molar-refractivity contribution is 0.198. The Hall–Kier alpha value is -0.540. The van der Waals surface area contributed by atoms with Gasteiger partial charge in [0, 0.05) is 22.2 Å². The van der Waals surface area contributed by atoms with Crippen LogP contribution in [-0.4, -0.2) is 17.2 Å². The summed E-state index contributed by atoms with van der Waals surface area (Å²) in [6.07, 6.45) is 2.07. The molecule has 1 heterocycles. The van der Waals surface area contributed by atoms with Crippen LogP contribution in [0.25, 0.3) is 0 Å². The summed E-state index contributed by atoms with van der Waals surface area (Å²) < 4.78 is 0.993. The van der Waals surface area contributed by atoms with Crippen LogP contribution in [0.5, 0.6) is 0 Å². The van der Waals surface area contributed by atoms with Crippen molar-refractivity contribution < 1.29 is 5.11 Å². The topological polar surface area (TPSA) is 23.5 Å². The van der Waals surface area contributed by atoms with Gasteiger partial charge in [-0.25, -0.2) is 0 Å². The predicted octanol–water partition coefficient (Wildman–Crippen LogP) is 3.88. The molecule has 1 aliphatic heterocycles. The summed E-state index contributed by atoms with van der Waals surface area (Å²) in [6, 6.07) is 6.24. The van der Waals surface area contributed by atoms with Crippen molar-refractivity contribution in [2.24, 2.45) is 0 Å². The number of anilines is 1. The summed E-state index contributed by atoms with van der Waals surface area (Å²) in [4.78, 5) is 2.45. The van der Waals surface area contributed by atoms with E-state index in [9.17, 15) is 5.11 Å². The third-order valence-electron chi connectivity index (χ3n) is 3.65. The smallest absolute Gasteiger partial charge is 0.0772 e. The number of aliphatic hydroxyl groups is 1. The first kappa shape index (κ1) is 12.9. The van der Waals surface area contributed by atoms with Crippen LogP contribution >= 0.6 is 15.9 Å². The van der Waals surface area contributed by atoms with Crippen LogP contribution in [0.2, 0.25) is 0 Å². The van der Waals surface area contributed by atoms with E-state index in [4.69, 9.17) is 0 Å². The van der Waals surface area contributed by atoms with Crippen molar-refractivity contribution in [1.29, 1.82) is 0 Å². The Kier molecular flexibility index (Phi) is 3.50. The highest BCUT2D eigenvalue weighted by atomic mass is 79.9. The predicted molar refractivity (Wildman–Crippen MR) is 75.4 cm³/mol. The van der Waals surface area contributed by atoms with Gasteiger partial charge in [-0.15, -0.1) is 0 Å². The van der Waals surface area contributed by atoms with Gasteiger partial charge in [0.15, 0.2) is 0 Å². The minimum Gasteiger partial charge on any atom is -0.389 e. The van der Waals surface area contributed by atoms with Crippen molar-refractivity contribution in [1.82, 2.24) is 0 Å². The molecule has 2 nitrogen and oxygen atoms in total. The van der Waals surface area contributed by atoms with Crippen LogP contribution < -0.4 is 4.90 Å². The second kappa shape index (κ2) is 4.62. The molecule has 1 N–H and O–H groups in total. The fraction of sp³-hybridized carbons (Fsp3) is 0.571. The van der Waals surface area contributed by atoms with E-state index in [1.165, 1.54) is 18.5 Å². The summed E-state index contributed by atoms with van der Waals surface area (Å²) in [5.74, 6) is 0. The Morgan fingerprint density at radius 3 is 2.59 bits per heavy atom. The van der Waals surface area contributed by atoms with Crippen molar-refractivity contribution in [3.8, 4) is 0 Å². The van der Waals surface area contributed by atoms with Gasteiger partial charge in [0.25, 0.3) is 0 Å². The summed E-state index contributed by atoms with van der Waals surface area (Å²) >= 11 is 3.55. The van der Waals surface area contributed by atoms with Crippen LogP contribution in [0.15, 0.2) is 22.7 Å². The van der Waals surface area contributed by atoms with Gasteiger partial charge in [0.05, 0.1) is 6.10 Å². The number of rotatable bonds is 2. The third kappa shape index (κ3) is 2.50. The van der Waals surface area contributed by atoms with Crippen LogP contribution in [-0.2, 0) is 0 Å². The number of hydrogen-bond acceptors (Lipinski definition) is 2. The molecule has 0 aromatic heterocycles. The first-order chi connectivity index (χ1) is 7.92. The minimum absolute atomic E-state index is 0.242. The van der Waals surface area contributed by atoms with Gasteiger partial charge in [0.1, 0.15) is 0 Å². The molecular weight excluding hydrogens is 278 g/mol. The van der Waals surface area contributed by atoms with Gasteiger partial charge in [-0.05, 0) is 51.3 Å². The van der Waals surface area contributed by atoms with Crippen molar-refractivity contribution in [3.63, 3.8) is 0 Å². The Bertz CT molecular complexity index is 415. The van der Waals surface area contributed by atoms with Gasteiger partial charge in [0.2, 0.25) is 0 Å². The first-order valence-corrected chi connectivity index (χ1v) is 6.96. The number of hydrogen-bond donors (Lipinski definition) is 1. The summed E-state index contributed by atoms with van der Waals surface area (Å²) in [5, 5.41) is 9.62.